The molecular weight excluding hydrogens is 488 g/mol. The molecule has 1 aliphatic rings. The standard InChI is InChI=1S/C29H27ClN4O3/c1-29(28(36)31-17-20-8-4-3-5-9-20)19-34-26(16-25(32-34)21-12-14-23(37-2)15-13-21)27(35)33(29)18-22-10-6-7-11-24(22)30/h3-16H,17-19H2,1-2H3,(H,31,36). The molecule has 4 aromatic rings. The highest BCUT2D eigenvalue weighted by Gasteiger charge is 2.48. The number of nitrogens with one attached hydrogen (secondary N) is 1. The third-order valence-electron chi connectivity index (χ3n) is 6.75. The van der Waals surface area contributed by atoms with Crippen molar-refractivity contribution < 1.29 is 14.3 Å². The lowest BCUT2D eigenvalue weighted by Crippen LogP contribution is -2.63. The van der Waals surface area contributed by atoms with E-state index >= 15 is 0 Å². The van der Waals surface area contributed by atoms with Gasteiger partial charge in [-0.25, -0.2) is 0 Å². The zero-order valence-electron chi connectivity index (χ0n) is 20.6. The Kier molecular flexibility index (Phi) is 6.72. The quantitative estimate of drug-likeness (QED) is 0.379. The Balaban J connectivity index is 1.50. The lowest BCUT2D eigenvalue weighted by molar-refractivity contribution is -0.133. The number of nitrogens with zero attached hydrogens (tertiary/aromatic N) is 3. The number of halogens is 1. The second-order valence-electron chi connectivity index (χ2n) is 9.23. The summed E-state index contributed by atoms with van der Waals surface area (Å²) in [5, 5.41) is 8.27. The number of fused-ring (bicyclic) bond motifs is 1. The molecule has 8 heteroatoms. The van der Waals surface area contributed by atoms with Gasteiger partial charge in [-0.2, -0.15) is 5.10 Å². The summed E-state index contributed by atoms with van der Waals surface area (Å²) in [6.07, 6.45) is 0. The molecule has 0 spiro atoms. The summed E-state index contributed by atoms with van der Waals surface area (Å²) >= 11 is 6.45. The van der Waals surface area contributed by atoms with Crippen LogP contribution in [0, 0.1) is 0 Å². The van der Waals surface area contributed by atoms with Crippen LogP contribution in [0.15, 0.2) is 84.9 Å². The number of carbonyl (C=O) groups is 2. The monoisotopic (exact) mass is 514 g/mol. The first-order valence-corrected chi connectivity index (χ1v) is 12.4. The van der Waals surface area contributed by atoms with E-state index in [0.29, 0.717) is 23.0 Å². The summed E-state index contributed by atoms with van der Waals surface area (Å²) in [6, 6.07) is 26.3. The van der Waals surface area contributed by atoms with Gasteiger partial charge in [0.15, 0.2) is 0 Å². The summed E-state index contributed by atoms with van der Waals surface area (Å²) in [6.45, 7) is 2.53. The fourth-order valence-electron chi connectivity index (χ4n) is 4.56. The van der Waals surface area contributed by atoms with E-state index in [1.54, 1.807) is 35.7 Å². The molecule has 2 heterocycles. The predicted octanol–water partition coefficient (Wildman–Crippen LogP) is 4.94. The molecular formula is C29H27ClN4O3. The largest absolute Gasteiger partial charge is 0.497 e. The molecule has 5 rings (SSSR count). The highest BCUT2D eigenvalue weighted by atomic mass is 35.5. The molecule has 0 radical (unpaired) electrons. The van der Waals surface area contributed by atoms with Crippen molar-refractivity contribution >= 4 is 23.4 Å². The maximum absolute atomic E-state index is 13.9. The Morgan fingerprint density at radius 1 is 1.05 bits per heavy atom. The molecule has 1 aliphatic heterocycles. The highest BCUT2D eigenvalue weighted by Crippen LogP contribution is 2.33. The van der Waals surface area contributed by atoms with Crippen molar-refractivity contribution in [3.63, 3.8) is 0 Å². The minimum atomic E-state index is -1.19. The fourth-order valence-corrected chi connectivity index (χ4v) is 4.75. The van der Waals surface area contributed by atoms with Gasteiger partial charge in [0.05, 0.1) is 19.3 Å². The Labute approximate surface area is 220 Å². The minimum Gasteiger partial charge on any atom is -0.497 e. The maximum Gasteiger partial charge on any atom is 0.273 e. The molecule has 7 nitrogen and oxygen atoms in total. The Morgan fingerprint density at radius 2 is 1.76 bits per heavy atom. The van der Waals surface area contributed by atoms with Gasteiger partial charge in [0, 0.05) is 23.7 Å². The smallest absolute Gasteiger partial charge is 0.273 e. The topological polar surface area (TPSA) is 76.5 Å². The third kappa shape index (κ3) is 4.82. The lowest BCUT2D eigenvalue weighted by Gasteiger charge is -2.43. The van der Waals surface area contributed by atoms with Gasteiger partial charge >= 0.3 is 0 Å². The van der Waals surface area contributed by atoms with Crippen molar-refractivity contribution in [2.45, 2.75) is 32.1 Å². The number of carbonyl (C=O) groups excluding carboxylic acids is 2. The van der Waals surface area contributed by atoms with E-state index in [1.165, 1.54) is 0 Å². The molecule has 1 N–H and O–H groups in total. The van der Waals surface area contributed by atoms with Crippen LogP contribution in [0.1, 0.15) is 28.5 Å². The van der Waals surface area contributed by atoms with E-state index in [0.717, 1.165) is 22.4 Å². The zero-order chi connectivity index (χ0) is 26.0. The second kappa shape index (κ2) is 10.1. The van der Waals surface area contributed by atoms with E-state index in [1.807, 2.05) is 72.8 Å². The minimum absolute atomic E-state index is 0.191. The van der Waals surface area contributed by atoms with Crippen LogP contribution in [0.25, 0.3) is 11.3 Å². The summed E-state index contributed by atoms with van der Waals surface area (Å²) in [7, 11) is 1.61. The molecule has 1 unspecified atom stereocenters. The van der Waals surface area contributed by atoms with Gasteiger partial charge in [0.2, 0.25) is 5.91 Å². The van der Waals surface area contributed by atoms with Crippen molar-refractivity contribution in [1.82, 2.24) is 20.0 Å². The predicted molar refractivity (Wildman–Crippen MR) is 142 cm³/mol. The number of methoxy groups -OCH3 is 1. The van der Waals surface area contributed by atoms with Crippen LogP contribution < -0.4 is 10.1 Å². The van der Waals surface area contributed by atoms with Gasteiger partial charge in [0.1, 0.15) is 17.0 Å². The number of amides is 2. The number of aromatic nitrogens is 2. The highest BCUT2D eigenvalue weighted by molar-refractivity contribution is 6.31. The van der Waals surface area contributed by atoms with Crippen LogP contribution in [0.3, 0.4) is 0 Å². The maximum atomic E-state index is 13.9. The number of rotatable bonds is 7. The zero-order valence-corrected chi connectivity index (χ0v) is 21.4. The van der Waals surface area contributed by atoms with Crippen LogP contribution in [0.4, 0.5) is 0 Å². The van der Waals surface area contributed by atoms with Crippen LogP contribution in [-0.2, 0) is 24.4 Å². The van der Waals surface area contributed by atoms with Gasteiger partial charge in [-0.3, -0.25) is 14.3 Å². The van der Waals surface area contributed by atoms with E-state index < -0.39 is 5.54 Å². The first kappa shape index (κ1) is 24.6. The molecule has 1 aromatic heterocycles. The fraction of sp³-hybridized carbons (Fsp3) is 0.207. The van der Waals surface area contributed by atoms with Gasteiger partial charge in [-0.1, -0.05) is 60.1 Å². The van der Waals surface area contributed by atoms with E-state index in [2.05, 4.69) is 5.32 Å². The Morgan fingerprint density at radius 3 is 2.46 bits per heavy atom. The summed E-state index contributed by atoms with van der Waals surface area (Å²) < 4.78 is 6.88. The molecule has 0 aliphatic carbocycles. The number of hydrogen-bond donors (Lipinski definition) is 1. The van der Waals surface area contributed by atoms with E-state index in [-0.39, 0.29) is 24.9 Å². The van der Waals surface area contributed by atoms with E-state index in [4.69, 9.17) is 21.4 Å². The van der Waals surface area contributed by atoms with Gasteiger partial charge in [-0.15, -0.1) is 0 Å². The summed E-state index contributed by atoms with van der Waals surface area (Å²) in [4.78, 5) is 29.2. The first-order chi connectivity index (χ1) is 17.9. The molecule has 1 atom stereocenters. The molecule has 2 amide bonds. The molecule has 188 valence electrons. The van der Waals surface area contributed by atoms with Crippen LogP contribution in [-0.4, -0.2) is 39.1 Å². The van der Waals surface area contributed by atoms with Crippen LogP contribution >= 0.6 is 11.6 Å². The van der Waals surface area contributed by atoms with Crippen molar-refractivity contribution in [2.75, 3.05) is 7.11 Å². The number of hydrogen-bond acceptors (Lipinski definition) is 4. The van der Waals surface area contributed by atoms with E-state index in [9.17, 15) is 9.59 Å². The van der Waals surface area contributed by atoms with Crippen molar-refractivity contribution in [3.8, 4) is 17.0 Å². The average Bonchev–Trinajstić information content (AvgIpc) is 3.35. The molecule has 0 saturated heterocycles. The molecule has 3 aromatic carbocycles. The van der Waals surface area contributed by atoms with Crippen LogP contribution in [0.2, 0.25) is 5.02 Å². The average molecular weight is 515 g/mol. The van der Waals surface area contributed by atoms with Gasteiger partial charge < -0.3 is 15.0 Å². The van der Waals surface area contributed by atoms with Crippen molar-refractivity contribution in [2.24, 2.45) is 0 Å². The molecule has 0 saturated carbocycles. The Hall–Kier alpha value is -4.10. The number of benzene rings is 3. The SMILES string of the molecule is COc1ccc(-c2cc3n(n2)CC(C)(C(=O)NCc2ccccc2)N(Cc2ccccc2Cl)C3=O)cc1. The van der Waals surface area contributed by atoms with Crippen molar-refractivity contribution in [1.29, 1.82) is 0 Å². The Bertz CT molecular complexity index is 1440. The summed E-state index contributed by atoms with van der Waals surface area (Å²) in [5.41, 5.74) is 2.47. The van der Waals surface area contributed by atoms with Gasteiger partial charge in [-0.05, 0) is 54.4 Å². The lowest BCUT2D eigenvalue weighted by atomic mass is 9.94. The van der Waals surface area contributed by atoms with Crippen molar-refractivity contribution in [3.05, 3.63) is 107 Å². The van der Waals surface area contributed by atoms with Gasteiger partial charge in [0.25, 0.3) is 5.91 Å². The molecule has 0 bridgehead atoms. The summed E-state index contributed by atoms with van der Waals surface area (Å²) in [5.74, 6) is 0.192. The third-order valence-corrected chi connectivity index (χ3v) is 7.12. The number of ether oxygens (including phenoxy) is 1. The second-order valence-corrected chi connectivity index (χ2v) is 9.63. The first-order valence-electron chi connectivity index (χ1n) is 12.0. The molecule has 0 fully saturated rings. The normalized spacial score (nSPS) is 16.8. The van der Waals surface area contributed by atoms with Crippen LogP contribution in [0.5, 0.6) is 5.75 Å². The molecule has 37 heavy (non-hydrogen) atoms.